The van der Waals surface area contributed by atoms with E-state index in [1.807, 2.05) is 31.4 Å². The van der Waals surface area contributed by atoms with E-state index in [1.54, 1.807) is 54.6 Å². The SMILES string of the molecule is CCOc1ccc(NC(=O)CN2C(=O)S/C(=C/c3cc(C)n(-c4ccc(C(N)=O)cc4)c3C)C2=O)cc1. The maximum absolute atomic E-state index is 13.0. The topological polar surface area (TPSA) is 124 Å². The first-order chi connectivity index (χ1) is 17.7. The third kappa shape index (κ3) is 5.59. The number of ether oxygens (including phenoxy) is 1. The molecule has 4 rings (SSSR count). The Morgan fingerprint density at radius 2 is 1.73 bits per heavy atom. The van der Waals surface area contributed by atoms with E-state index in [1.165, 1.54) is 0 Å². The summed E-state index contributed by atoms with van der Waals surface area (Å²) in [6.07, 6.45) is 1.66. The molecule has 0 aliphatic carbocycles. The van der Waals surface area contributed by atoms with Crippen LogP contribution in [-0.2, 0) is 9.59 Å². The fraction of sp³-hybridized carbons (Fsp3) is 0.185. The van der Waals surface area contributed by atoms with Gasteiger partial charge in [0.1, 0.15) is 12.3 Å². The molecule has 4 amide bonds. The highest BCUT2D eigenvalue weighted by molar-refractivity contribution is 8.18. The van der Waals surface area contributed by atoms with Crippen LogP contribution < -0.4 is 15.8 Å². The van der Waals surface area contributed by atoms with Gasteiger partial charge in [0.05, 0.1) is 11.5 Å². The van der Waals surface area contributed by atoms with Crippen LogP contribution >= 0.6 is 11.8 Å². The van der Waals surface area contributed by atoms with Crippen molar-refractivity contribution in [2.45, 2.75) is 20.8 Å². The molecule has 0 atom stereocenters. The lowest BCUT2D eigenvalue weighted by Crippen LogP contribution is -2.36. The van der Waals surface area contributed by atoms with Crippen molar-refractivity contribution in [3.05, 3.63) is 82.0 Å². The summed E-state index contributed by atoms with van der Waals surface area (Å²) in [7, 11) is 0. The van der Waals surface area contributed by atoms with Gasteiger partial charge in [-0.05, 0) is 98.8 Å². The Hall–Kier alpha value is -4.31. The molecule has 0 saturated carbocycles. The van der Waals surface area contributed by atoms with Gasteiger partial charge in [-0.2, -0.15) is 0 Å². The quantitative estimate of drug-likeness (QED) is 0.429. The van der Waals surface area contributed by atoms with Gasteiger partial charge in [0.2, 0.25) is 11.8 Å². The summed E-state index contributed by atoms with van der Waals surface area (Å²) in [5, 5.41) is 2.19. The number of hydrogen-bond donors (Lipinski definition) is 2. The van der Waals surface area contributed by atoms with Crippen LogP contribution in [0.5, 0.6) is 5.75 Å². The molecule has 0 unspecified atom stereocenters. The van der Waals surface area contributed by atoms with Crippen LogP contribution in [0.15, 0.2) is 59.5 Å². The monoisotopic (exact) mass is 518 g/mol. The third-order valence-electron chi connectivity index (χ3n) is 5.79. The summed E-state index contributed by atoms with van der Waals surface area (Å²) < 4.78 is 7.36. The Labute approximate surface area is 218 Å². The van der Waals surface area contributed by atoms with Gasteiger partial charge in [0.25, 0.3) is 11.1 Å². The summed E-state index contributed by atoms with van der Waals surface area (Å²) >= 11 is 0.799. The van der Waals surface area contributed by atoms with E-state index in [4.69, 9.17) is 10.5 Å². The largest absolute Gasteiger partial charge is 0.494 e. The van der Waals surface area contributed by atoms with Gasteiger partial charge in [-0.15, -0.1) is 0 Å². The van der Waals surface area contributed by atoms with Crippen LogP contribution in [0.2, 0.25) is 0 Å². The first-order valence-corrected chi connectivity index (χ1v) is 12.4. The van der Waals surface area contributed by atoms with Crippen LogP contribution in [0.3, 0.4) is 0 Å². The number of primary amides is 1. The molecular weight excluding hydrogens is 492 g/mol. The lowest BCUT2D eigenvalue weighted by atomic mass is 10.2. The zero-order valence-electron chi connectivity index (χ0n) is 20.6. The molecule has 10 heteroatoms. The molecule has 1 saturated heterocycles. The van der Waals surface area contributed by atoms with E-state index in [0.29, 0.717) is 23.6 Å². The van der Waals surface area contributed by atoms with Crippen molar-refractivity contribution < 1.29 is 23.9 Å². The first kappa shape index (κ1) is 25.8. The average Bonchev–Trinajstić information content (AvgIpc) is 3.29. The minimum atomic E-state index is -0.521. The highest BCUT2D eigenvalue weighted by atomic mass is 32.2. The number of anilines is 1. The van der Waals surface area contributed by atoms with Crippen molar-refractivity contribution in [3.8, 4) is 11.4 Å². The number of carbonyl (C=O) groups excluding carboxylic acids is 4. The van der Waals surface area contributed by atoms with Crippen molar-refractivity contribution in [1.29, 1.82) is 0 Å². The number of hydrogen-bond acceptors (Lipinski definition) is 6. The van der Waals surface area contributed by atoms with E-state index in [-0.39, 0.29) is 11.4 Å². The Morgan fingerprint density at radius 1 is 1.05 bits per heavy atom. The van der Waals surface area contributed by atoms with Gasteiger partial charge in [-0.1, -0.05) is 0 Å². The number of aromatic nitrogens is 1. The molecular formula is C27H26N4O5S. The van der Waals surface area contributed by atoms with Crippen molar-refractivity contribution in [2.75, 3.05) is 18.5 Å². The highest BCUT2D eigenvalue weighted by Gasteiger charge is 2.36. The predicted molar refractivity (Wildman–Crippen MR) is 143 cm³/mol. The summed E-state index contributed by atoms with van der Waals surface area (Å²) in [6.45, 7) is 5.84. The van der Waals surface area contributed by atoms with Gasteiger partial charge in [-0.25, -0.2) is 0 Å². The summed E-state index contributed by atoms with van der Waals surface area (Å²) in [5.41, 5.74) is 9.63. The number of thioether (sulfide) groups is 1. The van der Waals surface area contributed by atoms with Crippen molar-refractivity contribution >= 4 is 46.5 Å². The van der Waals surface area contributed by atoms with Gasteiger partial charge >= 0.3 is 0 Å². The molecule has 37 heavy (non-hydrogen) atoms. The molecule has 3 aromatic rings. The van der Waals surface area contributed by atoms with Gasteiger partial charge in [0.15, 0.2) is 0 Å². The Bertz CT molecular complexity index is 1410. The van der Waals surface area contributed by atoms with Crippen LogP contribution in [0, 0.1) is 13.8 Å². The zero-order valence-corrected chi connectivity index (χ0v) is 21.4. The van der Waals surface area contributed by atoms with E-state index in [9.17, 15) is 19.2 Å². The minimum absolute atomic E-state index is 0.239. The summed E-state index contributed by atoms with van der Waals surface area (Å²) in [4.78, 5) is 50.6. The number of rotatable bonds is 8. The maximum atomic E-state index is 13.0. The molecule has 1 aromatic heterocycles. The van der Waals surface area contributed by atoms with Crippen LogP contribution in [0.4, 0.5) is 10.5 Å². The van der Waals surface area contributed by atoms with Crippen molar-refractivity contribution in [2.24, 2.45) is 5.73 Å². The third-order valence-corrected chi connectivity index (χ3v) is 6.70. The van der Waals surface area contributed by atoms with E-state index in [2.05, 4.69) is 5.32 Å². The molecule has 3 N–H and O–H groups in total. The smallest absolute Gasteiger partial charge is 0.294 e. The predicted octanol–water partition coefficient (Wildman–Crippen LogP) is 4.27. The summed E-state index contributed by atoms with van der Waals surface area (Å²) in [5.74, 6) is -0.826. The number of nitrogens with zero attached hydrogens (tertiary/aromatic N) is 2. The minimum Gasteiger partial charge on any atom is -0.494 e. The molecule has 1 aliphatic heterocycles. The summed E-state index contributed by atoms with van der Waals surface area (Å²) in [6, 6.07) is 15.6. The molecule has 190 valence electrons. The standard InChI is InChI=1S/C27H26N4O5S/c1-4-36-22-11-7-20(8-12-22)29-24(32)15-30-26(34)23(37-27(30)35)14-19-13-16(2)31(17(19)3)21-9-5-18(6-10-21)25(28)33/h5-14H,4,15H2,1-3H3,(H2,28,33)(H,29,32)/b23-14+. The van der Waals surface area contributed by atoms with Gasteiger partial charge in [-0.3, -0.25) is 24.1 Å². The molecule has 0 bridgehead atoms. The lowest BCUT2D eigenvalue weighted by molar-refractivity contribution is -0.127. The highest BCUT2D eigenvalue weighted by Crippen LogP contribution is 2.33. The van der Waals surface area contributed by atoms with E-state index >= 15 is 0 Å². The number of amides is 4. The van der Waals surface area contributed by atoms with E-state index in [0.717, 1.165) is 39.3 Å². The normalized spacial score (nSPS) is 14.4. The number of imide groups is 1. The first-order valence-electron chi connectivity index (χ1n) is 11.5. The number of benzene rings is 2. The van der Waals surface area contributed by atoms with Gasteiger partial charge in [0, 0.05) is 28.3 Å². The van der Waals surface area contributed by atoms with Crippen LogP contribution in [0.25, 0.3) is 11.8 Å². The fourth-order valence-corrected chi connectivity index (χ4v) is 4.86. The molecule has 2 heterocycles. The molecule has 2 aromatic carbocycles. The molecule has 9 nitrogen and oxygen atoms in total. The number of aryl methyl sites for hydroxylation is 1. The Kier molecular flexibility index (Phi) is 7.49. The maximum Gasteiger partial charge on any atom is 0.294 e. The van der Waals surface area contributed by atoms with Crippen LogP contribution in [0.1, 0.15) is 34.2 Å². The van der Waals surface area contributed by atoms with Gasteiger partial charge < -0.3 is 20.4 Å². The fourth-order valence-electron chi connectivity index (χ4n) is 4.03. The van der Waals surface area contributed by atoms with Crippen LogP contribution in [-0.4, -0.2) is 45.6 Å². The molecule has 1 aliphatic rings. The lowest BCUT2D eigenvalue weighted by Gasteiger charge is -2.12. The second-order valence-electron chi connectivity index (χ2n) is 8.35. The number of nitrogens with one attached hydrogen (secondary N) is 1. The Morgan fingerprint density at radius 3 is 2.35 bits per heavy atom. The molecule has 0 radical (unpaired) electrons. The zero-order chi connectivity index (χ0) is 26.7. The van der Waals surface area contributed by atoms with Crippen molar-refractivity contribution in [1.82, 2.24) is 9.47 Å². The number of nitrogens with two attached hydrogens (primary N) is 1. The molecule has 0 spiro atoms. The second-order valence-corrected chi connectivity index (χ2v) is 9.34. The second kappa shape index (κ2) is 10.8. The van der Waals surface area contributed by atoms with Crippen molar-refractivity contribution in [3.63, 3.8) is 0 Å². The molecule has 1 fully saturated rings. The Balaban J connectivity index is 1.48. The average molecular weight is 519 g/mol. The van der Waals surface area contributed by atoms with E-state index < -0.39 is 23.0 Å². The number of carbonyl (C=O) groups is 4.